The van der Waals surface area contributed by atoms with Gasteiger partial charge in [-0.1, -0.05) is 41.5 Å². The van der Waals surface area contributed by atoms with Gasteiger partial charge in [-0.25, -0.2) is 0 Å². The molecule has 4 heteroatoms. The molecular weight excluding hydrogens is 232 g/mol. The highest BCUT2D eigenvalue weighted by Crippen LogP contribution is 2.38. The van der Waals surface area contributed by atoms with Crippen LogP contribution in [0.2, 0.25) is 5.04 Å². The molecule has 0 unspecified atom stereocenters. The smallest absolute Gasteiger partial charge is 0.373 e. The predicted molar refractivity (Wildman–Crippen MR) is 74.2 cm³/mol. The van der Waals surface area contributed by atoms with Crippen molar-refractivity contribution in [3.05, 3.63) is 0 Å². The molecule has 0 bridgehead atoms. The summed E-state index contributed by atoms with van der Waals surface area (Å²) in [6, 6.07) is 0. The van der Waals surface area contributed by atoms with Crippen LogP contribution in [0.5, 0.6) is 0 Å². The molecular formula is C13H30O3Si. The molecule has 0 spiro atoms. The van der Waals surface area contributed by atoms with E-state index in [1.54, 1.807) is 0 Å². The van der Waals surface area contributed by atoms with E-state index in [1.165, 1.54) is 0 Å². The molecule has 0 aliphatic carbocycles. The Balaban J connectivity index is 4.78. The molecule has 0 saturated heterocycles. The van der Waals surface area contributed by atoms with E-state index in [4.69, 9.17) is 13.3 Å². The molecule has 0 atom stereocenters. The van der Waals surface area contributed by atoms with E-state index in [-0.39, 0.29) is 5.04 Å². The van der Waals surface area contributed by atoms with E-state index in [0.717, 1.165) is 39.1 Å². The van der Waals surface area contributed by atoms with E-state index >= 15 is 0 Å². The van der Waals surface area contributed by atoms with Gasteiger partial charge in [0.1, 0.15) is 0 Å². The second kappa shape index (κ2) is 8.24. The average Bonchev–Trinajstić information content (AvgIpc) is 2.27. The summed E-state index contributed by atoms with van der Waals surface area (Å²) in [4.78, 5) is 0. The van der Waals surface area contributed by atoms with Gasteiger partial charge in [-0.2, -0.15) is 0 Å². The Hall–Kier alpha value is 0.0969. The van der Waals surface area contributed by atoms with Gasteiger partial charge in [0, 0.05) is 24.9 Å². The van der Waals surface area contributed by atoms with Crippen LogP contribution in [0, 0.1) is 0 Å². The van der Waals surface area contributed by atoms with Gasteiger partial charge < -0.3 is 13.3 Å². The molecule has 0 amide bonds. The molecule has 0 aliphatic heterocycles. The molecule has 0 aromatic rings. The van der Waals surface area contributed by atoms with Gasteiger partial charge in [0.25, 0.3) is 0 Å². The number of hydrogen-bond donors (Lipinski definition) is 0. The SMILES string of the molecule is CCCO[Si](OCCC)(OCCC)C(C)(C)C. The molecule has 0 rings (SSSR count). The van der Waals surface area contributed by atoms with Gasteiger partial charge in [-0.05, 0) is 19.3 Å². The van der Waals surface area contributed by atoms with Crippen LogP contribution in [0.4, 0.5) is 0 Å². The summed E-state index contributed by atoms with van der Waals surface area (Å²) in [5.41, 5.74) is 0. The summed E-state index contributed by atoms with van der Waals surface area (Å²) < 4.78 is 18.1. The van der Waals surface area contributed by atoms with E-state index in [2.05, 4.69) is 41.5 Å². The second-order valence-electron chi connectivity index (χ2n) is 5.35. The zero-order valence-corrected chi connectivity index (χ0v) is 13.5. The van der Waals surface area contributed by atoms with E-state index in [0.29, 0.717) is 0 Å². The average molecular weight is 262 g/mol. The van der Waals surface area contributed by atoms with Crippen molar-refractivity contribution >= 4 is 8.80 Å². The molecule has 0 aromatic carbocycles. The molecule has 0 radical (unpaired) electrons. The van der Waals surface area contributed by atoms with Crippen molar-refractivity contribution < 1.29 is 13.3 Å². The van der Waals surface area contributed by atoms with Crippen LogP contribution in [0.1, 0.15) is 60.8 Å². The Morgan fingerprint density at radius 2 is 1.00 bits per heavy atom. The fourth-order valence-electron chi connectivity index (χ4n) is 1.48. The lowest BCUT2D eigenvalue weighted by Crippen LogP contribution is -2.54. The van der Waals surface area contributed by atoms with Gasteiger partial charge in [-0.3, -0.25) is 0 Å². The fourth-order valence-corrected chi connectivity index (χ4v) is 4.45. The predicted octanol–water partition coefficient (Wildman–Crippen LogP) is 4.01. The Kier molecular flexibility index (Phi) is 8.29. The molecule has 0 aromatic heterocycles. The standard InChI is InChI=1S/C13H30O3Si/c1-7-10-14-17(13(4,5)6,15-11-8-2)16-12-9-3/h7-12H2,1-6H3. The molecule has 0 fully saturated rings. The van der Waals surface area contributed by atoms with E-state index in [9.17, 15) is 0 Å². The summed E-state index contributed by atoms with van der Waals surface area (Å²) in [5.74, 6) is 0. The minimum absolute atomic E-state index is 0.0630. The second-order valence-corrected chi connectivity index (χ2v) is 8.83. The third kappa shape index (κ3) is 5.51. The molecule has 0 aliphatic rings. The van der Waals surface area contributed by atoms with Crippen molar-refractivity contribution in [3.8, 4) is 0 Å². The van der Waals surface area contributed by atoms with Crippen LogP contribution in [-0.4, -0.2) is 28.6 Å². The molecule has 0 heterocycles. The third-order valence-electron chi connectivity index (χ3n) is 2.41. The van der Waals surface area contributed by atoms with Crippen LogP contribution in [0.15, 0.2) is 0 Å². The zero-order chi connectivity index (χ0) is 13.4. The van der Waals surface area contributed by atoms with Crippen molar-refractivity contribution in [2.45, 2.75) is 65.8 Å². The summed E-state index contributed by atoms with van der Waals surface area (Å²) in [7, 11) is -2.56. The highest BCUT2D eigenvalue weighted by Gasteiger charge is 2.52. The molecule has 3 nitrogen and oxygen atoms in total. The van der Waals surface area contributed by atoms with Gasteiger partial charge in [-0.15, -0.1) is 0 Å². The fraction of sp³-hybridized carbons (Fsp3) is 1.00. The first-order valence-corrected chi connectivity index (χ1v) is 8.57. The lowest BCUT2D eigenvalue weighted by Gasteiger charge is -2.39. The Morgan fingerprint density at radius 3 is 1.18 bits per heavy atom. The van der Waals surface area contributed by atoms with Crippen molar-refractivity contribution in [2.75, 3.05) is 19.8 Å². The Morgan fingerprint density at radius 1 is 0.706 bits per heavy atom. The maximum atomic E-state index is 6.04. The van der Waals surface area contributed by atoms with Crippen molar-refractivity contribution in [1.29, 1.82) is 0 Å². The highest BCUT2D eigenvalue weighted by atomic mass is 28.4. The minimum atomic E-state index is -2.56. The first kappa shape index (κ1) is 17.1. The maximum absolute atomic E-state index is 6.04. The summed E-state index contributed by atoms with van der Waals surface area (Å²) in [6.45, 7) is 15.0. The summed E-state index contributed by atoms with van der Waals surface area (Å²) in [5, 5.41) is -0.0630. The van der Waals surface area contributed by atoms with Crippen LogP contribution >= 0.6 is 0 Å². The summed E-state index contributed by atoms with van der Waals surface area (Å²) in [6.07, 6.45) is 2.99. The summed E-state index contributed by atoms with van der Waals surface area (Å²) >= 11 is 0. The van der Waals surface area contributed by atoms with Crippen LogP contribution in [0.3, 0.4) is 0 Å². The Bertz CT molecular complexity index is 168. The van der Waals surface area contributed by atoms with Gasteiger partial charge >= 0.3 is 8.80 Å². The molecule has 104 valence electrons. The quantitative estimate of drug-likeness (QED) is 0.588. The lowest BCUT2D eigenvalue weighted by atomic mass is 10.3. The van der Waals surface area contributed by atoms with Gasteiger partial charge in [0.05, 0.1) is 0 Å². The third-order valence-corrected chi connectivity index (χ3v) is 6.00. The lowest BCUT2D eigenvalue weighted by molar-refractivity contribution is 0.0398. The number of rotatable bonds is 9. The van der Waals surface area contributed by atoms with E-state index < -0.39 is 8.80 Å². The zero-order valence-electron chi connectivity index (χ0n) is 12.5. The molecule has 0 N–H and O–H groups in total. The van der Waals surface area contributed by atoms with Crippen LogP contribution in [-0.2, 0) is 13.3 Å². The Labute approximate surface area is 108 Å². The van der Waals surface area contributed by atoms with Gasteiger partial charge in [0.15, 0.2) is 0 Å². The first-order valence-electron chi connectivity index (χ1n) is 6.85. The topological polar surface area (TPSA) is 27.7 Å². The molecule has 0 saturated carbocycles. The highest BCUT2D eigenvalue weighted by molar-refractivity contribution is 6.64. The van der Waals surface area contributed by atoms with Crippen LogP contribution in [0.25, 0.3) is 0 Å². The van der Waals surface area contributed by atoms with Crippen molar-refractivity contribution in [1.82, 2.24) is 0 Å². The largest absolute Gasteiger partial charge is 0.506 e. The maximum Gasteiger partial charge on any atom is 0.506 e. The van der Waals surface area contributed by atoms with E-state index in [1.807, 2.05) is 0 Å². The number of hydrogen-bond acceptors (Lipinski definition) is 3. The molecule has 17 heavy (non-hydrogen) atoms. The monoisotopic (exact) mass is 262 g/mol. The van der Waals surface area contributed by atoms with Crippen molar-refractivity contribution in [3.63, 3.8) is 0 Å². The van der Waals surface area contributed by atoms with Gasteiger partial charge in [0.2, 0.25) is 0 Å². The minimum Gasteiger partial charge on any atom is -0.373 e. The normalized spacial score (nSPS) is 13.1. The first-order chi connectivity index (χ1) is 7.93. The van der Waals surface area contributed by atoms with Crippen LogP contribution < -0.4 is 0 Å². The van der Waals surface area contributed by atoms with Crippen molar-refractivity contribution in [2.24, 2.45) is 0 Å².